The summed E-state index contributed by atoms with van der Waals surface area (Å²) in [5.74, 6) is 5.15. The standard InChI is InChI=1S/C13H13BrF3N5O2/c14-7-2-1-6(8(3-7)24-13(15,16)17)5-23-9-4-10(18)21-12(22-20)11(9)19/h1-4H,5,19-20H2,(H3,18,21,22). The Labute approximate surface area is 143 Å². The molecule has 0 fully saturated rings. The number of hydrogen-bond donors (Lipinski definition) is 4. The van der Waals surface area contributed by atoms with E-state index in [1.165, 1.54) is 18.2 Å². The van der Waals surface area contributed by atoms with Crippen molar-refractivity contribution in [2.45, 2.75) is 13.0 Å². The molecule has 0 saturated carbocycles. The topological polar surface area (TPSA) is 121 Å². The van der Waals surface area contributed by atoms with E-state index < -0.39 is 12.1 Å². The van der Waals surface area contributed by atoms with Gasteiger partial charge < -0.3 is 26.4 Å². The zero-order valence-electron chi connectivity index (χ0n) is 12.0. The minimum Gasteiger partial charge on any atom is -0.486 e. The van der Waals surface area contributed by atoms with Gasteiger partial charge in [-0.25, -0.2) is 10.8 Å². The van der Waals surface area contributed by atoms with Crippen molar-refractivity contribution in [3.63, 3.8) is 0 Å². The number of nitrogens with one attached hydrogen (secondary N) is 1. The molecule has 0 saturated heterocycles. The molecule has 0 aliphatic heterocycles. The van der Waals surface area contributed by atoms with E-state index in [9.17, 15) is 13.2 Å². The van der Waals surface area contributed by atoms with Gasteiger partial charge in [-0.15, -0.1) is 13.2 Å². The van der Waals surface area contributed by atoms with Crippen LogP contribution in [0.5, 0.6) is 11.5 Å². The molecule has 24 heavy (non-hydrogen) atoms. The molecular weight excluding hydrogens is 395 g/mol. The molecule has 7 N–H and O–H groups in total. The van der Waals surface area contributed by atoms with Gasteiger partial charge in [-0.1, -0.05) is 22.0 Å². The van der Waals surface area contributed by atoms with Crippen molar-refractivity contribution < 1.29 is 22.6 Å². The van der Waals surface area contributed by atoms with Crippen LogP contribution >= 0.6 is 15.9 Å². The zero-order valence-corrected chi connectivity index (χ0v) is 13.6. The van der Waals surface area contributed by atoms with Gasteiger partial charge in [0.1, 0.15) is 29.6 Å². The van der Waals surface area contributed by atoms with E-state index in [4.69, 9.17) is 22.0 Å². The lowest BCUT2D eigenvalue weighted by atomic mass is 10.2. The highest BCUT2D eigenvalue weighted by Gasteiger charge is 2.32. The predicted octanol–water partition coefficient (Wildman–Crippen LogP) is 2.77. The number of rotatable bonds is 5. The molecule has 2 rings (SSSR count). The molecule has 0 amide bonds. The van der Waals surface area contributed by atoms with E-state index in [-0.39, 0.29) is 35.2 Å². The number of aromatic nitrogens is 1. The summed E-state index contributed by atoms with van der Waals surface area (Å²) in [5.41, 5.74) is 13.9. The van der Waals surface area contributed by atoms with E-state index in [1.54, 1.807) is 6.07 Å². The fourth-order valence-corrected chi connectivity index (χ4v) is 2.14. The third kappa shape index (κ3) is 4.55. The van der Waals surface area contributed by atoms with Gasteiger partial charge in [0.25, 0.3) is 0 Å². The van der Waals surface area contributed by atoms with Crippen LogP contribution in [-0.2, 0) is 6.61 Å². The maximum Gasteiger partial charge on any atom is 0.573 e. The fraction of sp³-hybridized carbons (Fsp3) is 0.154. The van der Waals surface area contributed by atoms with Crippen molar-refractivity contribution >= 4 is 33.3 Å². The van der Waals surface area contributed by atoms with Gasteiger partial charge in [0, 0.05) is 16.1 Å². The number of hydrogen-bond acceptors (Lipinski definition) is 7. The lowest BCUT2D eigenvalue weighted by molar-refractivity contribution is -0.275. The van der Waals surface area contributed by atoms with Crippen LogP contribution in [0.25, 0.3) is 0 Å². The molecule has 130 valence electrons. The highest BCUT2D eigenvalue weighted by atomic mass is 79.9. The molecule has 2 aromatic rings. The van der Waals surface area contributed by atoms with Crippen LogP contribution in [0.3, 0.4) is 0 Å². The van der Waals surface area contributed by atoms with Crippen molar-refractivity contribution in [1.82, 2.24) is 4.98 Å². The van der Waals surface area contributed by atoms with Gasteiger partial charge in [-0.05, 0) is 12.1 Å². The summed E-state index contributed by atoms with van der Waals surface area (Å²) in [4.78, 5) is 3.84. The first-order valence-corrected chi connectivity index (χ1v) is 7.18. The Balaban J connectivity index is 2.25. The minimum atomic E-state index is -4.83. The van der Waals surface area contributed by atoms with Gasteiger partial charge in [0.2, 0.25) is 0 Å². The highest BCUT2D eigenvalue weighted by Crippen LogP contribution is 2.33. The lowest BCUT2D eigenvalue weighted by Crippen LogP contribution is -2.18. The van der Waals surface area contributed by atoms with Crippen molar-refractivity contribution in [3.8, 4) is 11.5 Å². The Morgan fingerprint density at radius 2 is 1.88 bits per heavy atom. The van der Waals surface area contributed by atoms with Crippen LogP contribution in [0, 0.1) is 0 Å². The first-order chi connectivity index (χ1) is 11.2. The van der Waals surface area contributed by atoms with Crippen LogP contribution in [-0.4, -0.2) is 11.3 Å². The number of benzene rings is 1. The Bertz CT molecular complexity index is 742. The summed E-state index contributed by atoms with van der Waals surface area (Å²) in [5, 5.41) is 0. The molecule has 0 radical (unpaired) electrons. The lowest BCUT2D eigenvalue weighted by Gasteiger charge is -2.16. The van der Waals surface area contributed by atoms with Crippen LogP contribution in [0.15, 0.2) is 28.7 Å². The number of nitrogens with two attached hydrogens (primary N) is 3. The molecule has 1 aromatic heterocycles. The summed E-state index contributed by atoms with van der Waals surface area (Å²) in [6.45, 7) is -0.240. The van der Waals surface area contributed by atoms with Crippen molar-refractivity contribution in [3.05, 3.63) is 34.3 Å². The second kappa shape index (κ2) is 7.01. The van der Waals surface area contributed by atoms with E-state index in [0.29, 0.717) is 4.47 Å². The molecule has 1 aromatic carbocycles. The SMILES string of the molecule is NNc1nc(N)cc(OCc2ccc(Br)cc2OC(F)(F)F)c1N. The molecule has 0 aliphatic rings. The van der Waals surface area contributed by atoms with Gasteiger partial charge in [-0.2, -0.15) is 0 Å². The molecule has 11 heteroatoms. The molecular formula is C13H13BrF3N5O2. The molecule has 0 spiro atoms. The van der Waals surface area contributed by atoms with Crippen LogP contribution in [0.2, 0.25) is 0 Å². The van der Waals surface area contributed by atoms with Crippen molar-refractivity contribution in [2.75, 3.05) is 16.9 Å². The molecule has 0 atom stereocenters. The summed E-state index contributed by atoms with van der Waals surface area (Å²) in [6.07, 6.45) is -4.83. The molecule has 0 bridgehead atoms. The van der Waals surface area contributed by atoms with Gasteiger partial charge in [0.15, 0.2) is 5.82 Å². The van der Waals surface area contributed by atoms with Crippen molar-refractivity contribution in [1.29, 1.82) is 0 Å². The quantitative estimate of drug-likeness (QED) is 0.443. The third-order valence-corrected chi connectivity index (χ3v) is 3.31. The van der Waals surface area contributed by atoms with Gasteiger partial charge in [-0.3, -0.25) is 0 Å². The number of nitrogen functional groups attached to an aromatic ring is 3. The minimum absolute atomic E-state index is 0.0714. The largest absolute Gasteiger partial charge is 0.573 e. The number of anilines is 3. The highest BCUT2D eigenvalue weighted by molar-refractivity contribution is 9.10. The Morgan fingerprint density at radius 1 is 1.17 bits per heavy atom. The average Bonchev–Trinajstić information content (AvgIpc) is 2.47. The average molecular weight is 408 g/mol. The van der Waals surface area contributed by atoms with E-state index in [0.717, 1.165) is 0 Å². The van der Waals surface area contributed by atoms with E-state index in [1.807, 2.05) is 0 Å². The van der Waals surface area contributed by atoms with E-state index in [2.05, 4.69) is 31.1 Å². The summed E-state index contributed by atoms with van der Waals surface area (Å²) in [6, 6.07) is 5.50. The third-order valence-electron chi connectivity index (χ3n) is 2.82. The number of halogens is 4. The number of alkyl halides is 3. The normalized spacial score (nSPS) is 11.2. The second-order valence-electron chi connectivity index (χ2n) is 4.54. The Hall–Kier alpha value is -2.40. The van der Waals surface area contributed by atoms with Crippen molar-refractivity contribution in [2.24, 2.45) is 5.84 Å². The van der Waals surface area contributed by atoms with E-state index >= 15 is 0 Å². The molecule has 7 nitrogen and oxygen atoms in total. The number of ether oxygens (including phenoxy) is 2. The maximum atomic E-state index is 12.5. The number of pyridine rings is 1. The first-order valence-electron chi connectivity index (χ1n) is 6.39. The van der Waals surface area contributed by atoms with Gasteiger partial charge >= 0.3 is 6.36 Å². The number of nitrogens with zero attached hydrogens (tertiary/aromatic N) is 1. The summed E-state index contributed by atoms with van der Waals surface area (Å²) in [7, 11) is 0. The first kappa shape index (κ1) is 17.9. The Morgan fingerprint density at radius 3 is 2.50 bits per heavy atom. The Kier molecular flexibility index (Phi) is 5.24. The fourth-order valence-electron chi connectivity index (χ4n) is 1.80. The molecule has 1 heterocycles. The van der Waals surface area contributed by atoms with Crippen LogP contribution in [0.1, 0.15) is 5.56 Å². The monoisotopic (exact) mass is 407 g/mol. The predicted molar refractivity (Wildman–Crippen MR) is 86.0 cm³/mol. The molecule has 0 unspecified atom stereocenters. The second-order valence-corrected chi connectivity index (χ2v) is 5.46. The number of hydrazine groups is 1. The summed E-state index contributed by atoms with van der Waals surface area (Å²) < 4.78 is 47.3. The smallest absolute Gasteiger partial charge is 0.486 e. The maximum absolute atomic E-state index is 12.5. The molecule has 0 aliphatic carbocycles. The zero-order chi connectivity index (χ0) is 17.9. The van der Waals surface area contributed by atoms with Crippen LogP contribution < -0.4 is 32.2 Å². The van der Waals surface area contributed by atoms with Crippen LogP contribution in [0.4, 0.5) is 30.5 Å². The summed E-state index contributed by atoms with van der Waals surface area (Å²) >= 11 is 3.08. The van der Waals surface area contributed by atoms with Gasteiger partial charge in [0.05, 0.1) is 0 Å².